The first kappa shape index (κ1) is 13.0. The fourth-order valence-electron chi connectivity index (χ4n) is 3.00. The summed E-state index contributed by atoms with van der Waals surface area (Å²) in [5, 5.41) is 10.1. The van der Waals surface area contributed by atoms with E-state index in [0.29, 0.717) is 6.54 Å². The standard InChI is InChI=1S/C15H19NO2S/c1-15(18)7-4-8-16(10-15)14(17)12-9-19-13-6-3-2-5-11(12)13/h2-3,5-6,12,18H,4,7-10H2,1H3. The zero-order valence-corrected chi connectivity index (χ0v) is 11.9. The normalized spacial score (nSPS) is 30.2. The number of carbonyl (C=O) groups is 1. The largest absolute Gasteiger partial charge is 0.388 e. The molecule has 3 rings (SSSR count). The number of rotatable bonds is 1. The molecule has 19 heavy (non-hydrogen) atoms. The van der Waals surface area contributed by atoms with Crippen molar-refractivity contribution in [3.63, 3.8) is 0 Å². The second-order valence-corrected chi connectivity index (χ2v) is 6.82. The van der Waals surface area contributed by atoms with Gasteiger partial charge in [-0.2, -0.15) is 0 Å². The molecule has 1 aromatic rings. The summed E-state index contributed by atoms with van der Waals surface area (Å²) in [6.07, 6.45) is 1.67. The fourth-order valence-corrected chi connectivity index (χ4v) is 4.22. The van der Waals surface area contributed by atoms with Crippen LogP contribution in [0.2, 0.25) is 0 Å². The molecule has 0 aromatic heterocycles. The summed E-state index contributed by atoms with van der Waals surface area (Å²) in [7, 11) is 0. The Morgan fingerprint density at radius 1 is 1.47 bits per heavy atom. The van der Waals surface area contributed by atoms with Gasteiger partial charge in [0.2, 0.25) is 5.91 Å². The second-order valence-electron chi connectivity index (χ2n) is 5.76. The van der Waals surface area contributed by atoms with Crippen molar-refractivity contribution in [3.05, 3.63) is 29.8 Å². The van der Waals surface area contributed by atoms with Crippen molar-refractivity contribution < 1.29 is 9.90 Å². The number of aliphatic hydroxyl groups is 1. The van der Waals surface area contributed by atoms with Crippen LogP contribution in [0.25, 0.3) is 0 Å². The maximum Gasteiger partial charge on any atom is 0.231 e. The van der Waals surface area contributed by atoms with Gasteiger partial charge in [0.05, 0.1) is 11.5 Å². The Kier molecular flexibility index (Phi) is 3.31. The van der Waals surface area contributed by atoms with Gasteiger partial charge in [-0.05, 0) is 31.4 Å². The van der Waals surface area contributed by atoms with Crippen molar-refractivity contribution in [2.45, 2.75) is 36.2 Å². The molecule has 0 radical (unpaired) electrons. The molecule has 2 aliphatic heterocycles. The molecular weight excluding hydrogens is 258 g/mol. The number of hydrogen-bond acceptors (Lipinski definition) is 3. The topological polar surface area (TPSA) is 40.5 Å². The SMILES string of the molecule is CC1(O)CCCN(C(=O)C2CSc3ccccc32)C1. The molecule has 102 valence electrons. The molecular formula is C15H19NO2S. The van der Waals surface area contributed by atoms with Crippen LogP contribution >= 0.6 is 11.8 Å². The molecule has 1 fully saturated rings. The van der Waals surface area contributed by atoms with Crippen LogP contribution < -0.4 is 0 Å². The first-order valence-corrected chi connectivity index (χ1v) is 7.78. The number of thioether (sulfide) groups is 1. The van der Waals surface area contributed by atoms with Crippen molar-refractivity contribution >= 4 is 17.7 Å². The van der Waals surface area contributed by atoms with Gasteiger partial charge >= 0.3 is 0 Å². The van der Waals surface area contributed by atoms with Gasteiger partial charge in [0.1, 0.15) is 0 Å². The van der Waals surface area contributed by atoms with E-state index in [0.717, 1.165) is 30.7 Å². The lowest BCUT2D eigenvalue weighted by Gasteiger charge is -2.38. The number of hydrogen-bond donors (Lipinski definition) is 1. The molecule has 2 unspecified atom stereocenters. The quantitative estimate of drug-likeness (QED) is 0.856. The Morgan fingerprint density at radius 2 is 2.26 bits per heavy atom. The predicted octanol–water partition coefficient (Wildman–Crippen LogP) is 2.25. The summed E-state index contributed by atoms with van der Waals surface area (Å²) in [6, 6.07) is 8.15. The molecule has 0 saturated carbocycles. The summed E-state index contributed by atoms with van der Waals surface area (Å²) >= 11 is 1.76. The van der Waals surface area contributed by atoms with Crippen LogP contribution in [0, 0.1) is 0 Å². The van der Waals surface area contributed by atoms with E-state index in [1.807, 2.05) is 24.0 Å². The molecule has 1 aromatic carbocycles. The third-order valence-corrected chi connectivity index (χ3v) is 5.17. The highest BCUT2D eigenvalue weighted by molar-refractivity contribution is 7.99. The molecule has 2 heterocycles. The van der Waals surface area contributed by atoms with E-state index in [1.54, 1.807) is 11.8 Å². The zero-order valence-electron chi connectivity index (χ0n) is 11.1. The van der Waals surface area contributed by atoms with Crippen molar-refractivity contribution in [1.82, 2.24) is 4.90 Å². The summed E-state index contributed by atoms with van der Waals surface area (Å²) in [4.78, 5) is 15.7. The number of benzene rings is 1. The highest BCUT2D eigenvalue weighted by Gasteiger charge is 2.36. The molecule has 4 heteroatoms. The Bertz CT molecular complexity index is 501. The Labute approximate surface area is 118 Å². The molecule has 2 aliphatic rings. The van der Waals surface area contributed by atoms with E-state index in [1.165, 1.54) is 4.90 Å². The predicted molar refractivity (Wildman–Crippen MR) is 76.3 cm³/mol. The van der Waals surface area contributed by atoms with Gasteiger partial charge in [-0.15, -0.1) is 11.8 Å². The summed E-state index contributed by atoms with van der Waals surface area (Å²) in [5.74, 6) is 0.976. The van der Waals surface area contributed by atoms with E-state index in [4.69, 9.17) is 0 Å². The van der Waals surface area contributed by atoms with Gasteiger partial charge in [-0.3, -0.25) is 4.79 Å². The minimum Gasteiger partial charge on any atom is -0.388 e. The summed E-state index contributed by atoms with van der Waals surface area (Å²) in [5.41, 5.74) is 0.432. The van der Waals surface area contributed by atoms with Gasteiger partial charge in [0.25, 0.3) is 0 Å². The Morgan fingerprint density at radius 3 is 3.05 bits per heavy atom. The second kappa shape index (κ2) is 4.84. The highest BCUT2D eigenvalue weighted by atomic mass is 32.2. The summed E-state index contributed by atoms with van der Waals surface area (Å²) < 4.78 is 0. The monoisotopic (exact) mass is 277 g/mol. The third-order valence-electron chi connectivity index (χ3n) is 3.98. The van der Waals surface area contributed by atoms with E-state index < -0.39 is 5.60 Å². The molecule has 1 saturated heterocycles. The number of β-amino-alcohol motifs (C(OH)–C–C–N with tert-alkyl or cyclic N) is 1. The van der Waals surface area contributed by atoms with Crippen LogP contribution in [0.5, 0.6) is 0 Å². The molecule has 1 N–H and O–H groups in total. The van der Waals surface area contributed by atoms with Gasteiger partial charge in [-0.1, -0.05) is 18.2 Å². The number of piperidine rings is 1. The lowest BCUT2D eigenvalue weighted by molar-refractivity contribution is -0.138. The van der Waals surface area contributed by atoms with Crippen molar-refractivity contribution in [3.8, 4) is 0 Å². The fraction of sp³-hybridized carbons (Fsp3) is 0.533. The van der Waals surface area contributed by atoms with Crippen LogP contribution in [0.1, 0.15) is 31.2 Å². The van der Waals surface area contributed by atoms with Crippen molar-refractivity contribution in [2.24, 2.45) is 0 Å². The van der Waals surface area contributed by atoms with E-state index in [9.17, 15) is 9.90 Å². The van der Waals surface area contributed by atoms with Crippen LogP contribution in [0.15, 0.2) is 29.2 Å². The summed E-state index contributed by atoms with van der Waals surface area (Å²) in [6.45, 7) is 3.07. The van der Waals surface area contributed by atoms with Crippen molar-refractivity contribution in [1.29, 1.82) is 0 Å². The maximum atomic E-state index is 12.7. The molecule has 0 spiro atoms. The number of nitrogens with zero attached hydrogens (tertiary/aromatic N) is 1. The first-order chi connectivity index (χ1) is 9.07. The minimum atomic E-state index is -0.723. The van der Waals surface area contributed by atoms with Crippen molar-refractivity contribution in [2.75, 3.05) is 18.8 Å². The first-order valence-electron chi connectivity index (χ1n) is 6.80. The smallest absolute Gasteiger partial charge is 0.231 e. The number of likely N-dealkylation sites (tertiary alicyclic amines) is 1. The number of amides is 1. The van der Waals surface area contributed by atoms with Gasteiger partial charge in [0.15, 0.2) is 0 Å². The maximum absolute atomic E-state index is 12.7. The zero-order chi connectivity index (χ0) is 13.5. The molecule has 2 atom stereocenters. The Hall–Kier alpha value is -1.00. The highest BCUT2D eigenvalue weighted by Crippen LogP contribution is 2.40. The lowest BCUT2D eigenvalue weighted by Crippen LogP contribution is -2.50. The van der Waals surface area contributed by atoms with Gasteiger partial charge in [-0.25, -0.2) is 0 Å². The molecule has 3 nitrogen and oxygen atoms in total. The van der Waals surface area contributed by atoms with Crippen LogP contribution in [0.3, 0.4) is 0 Å². The number of carbonyl (C=O) groups excluding carboxylic acids is 1. The Balaban J connectivity index is 1.78. The van der Waals surface area contributed by atoms with Crippen LogP contribution in [-0.4, -0.2) is 40.4 Å². The minimum absolute atomic E-state index is 0.0323. The molecule has 0 bridgehead atoms. The van der Waals surface area contributed by atoms with Gasteiger partial charge < -0.3 is 10.0 Å². The average Bonchev–Trinajstić information content (AvgIpc) is 2.80. The third kappa shape index (κ3) is 2.51. The van der Waals surface area contributed by atoms with E-state index >= 15 is 0 Å². The van der Waals surface area contributed by atoms with Gasteiger partial charge in [0, 0.05) is 23.7 Å². The number of fused-ring (bicyclic) bond motifs is 1. The molecule has 0 aliphatic carbocycles. The van der Waals surface area contributed by atoms with Crippen LogP contribution in [-0.2, 0) is 4.79 Å². The van der Waals surface area contributed by atoms with E-state index in [2.05, 4.69) is 12.1 Å². The molecule has 1 amide bonds. The van der Waals surface area contributed by atoms with E-state index in [-0.39, 0.29) is 11.8 Å². The van der Waals surface area contributed by atoms with Crippen LogP contribution in [0.4, 0.5) is 0 Å². The lowest BCUT2D eigenvalue weighted by atomic mass is 9.92. The average molecular weight is 277 g/mol.